The minimum absolute atomic E-state index is 0.716. The predicted octanol–water partition coefficient (Wildman–Crippen LogP) is 2.91. The van der Waals surface area contributed by atoms with Crippen LogP contribution in [-0.4, -0.2) is 6.41 Å². The lowest BCUT2D eigenvalue weighted by atomic mass is 10.1. The van der Waals surface area contributed by atoms with E-state index in [0.717, 1.165) is 17.7 Å². The van der Waals surface area contributed by atoms with Crippen LogP contribution in [0.1, 0.15) is 10.4 Å². The SMILES string of the molecule is O=CNc1ccccc1Cc1cccs1. The highest BCUT2D eigenvalue weighted by molar-refractivity contribution is 7.09. The van der Waals surface area contributed by atoms with E-state index in [0.29, 0.717) is 6.41 Å². The standard InChI is InChI=1S/C12H11NOS/c14-9-13-12-6-2-1-4-10(12)8-11-5-3-7-15-11/h1-7,9H,8H2,(H,13,14). The Labute approximate surface area is 92.6 Å². The van der Waals surface area contributed by atoms with Crippen molar-refractivity contribution in [2.24, 2.45) is 0 Å². The zero-order valence-corrected chi connectivity index (χ0v) is 8.96. The highest BCUT2D eigenvalue weighted by Gasteiger charge is 2.02. The zero-order valence-electron chi connectivity index (χ0n) is 8.14. The van der Waals surface area contributed by atoms with Crippen LogP contribution >= 0.6 is 11.3 Å². The quantitative estimate of drug-likeness (QED) is 0.784. The molecule has 0 bridgehead atoms. The van der Waals surface area contributed by atoms with Crippen LogP contribution in [0.3, 0.4) is 0 Å². The second kappa shape index (κ2) is 4.75. The smallest absolute Gasteiger partial charge is 0.211 e. The molecule has 0 fully saturated rings. The topological polar surface area (TPSA) is 29.1 Å². The van der Waals surface area contributed by atoms with Crippen molar-refractivity contribution in [1.29, 1.82) is 0 Å². The Balaban J connectivity index is 2.23. The minimum Gasteiger partial charge on any atom is -0.328 e. The number of para-hydroxylation sites is 1. The fraction of sp³-hybridized carbons (Fsp3) is 0.0833. The molecule has 0 radical (unpaired) electrons. The first-order chi connectivity index (χ1) is 7.40. The molecule has 0 spiro atoms. The predicted molar refractivity (Wildman–Crippen MR) is 63.3 cm³/mol. The summed E-state index contributed by atoms with van der Waals surface area (Å²) in [5.41, 5.74) is 2.04. The van der Waals surface area contributed by atoms with E-state index in [9.17, 15) is 4.79 Å². The number of hydrogen-bond acceptors (Lipinski definition) is 2. The van der Waals surface area contributed by atoms with Gasteiger partial charge in [0.25, 0.3) is 0 Å². The molecular formula is C12H11NOS. The third-order valence-corrected chi connectivity index (χ3v) is 3.05. The lowest BCUT2D eigenvalue weighted by Gasteiger charge is -2.06. The Hall–Kier alpha value is -1.61. The summed E-state index contributed by atoms with van der Waals surface area (Å²) < 4.78 is 0. The second-order valence-corrected chi connectivity index (χ2v) is 4.21. The number of carbonyl (C=O) groups is 1. The number of nitrogens with one attached hydrogen (secondary N) is 1. The molecule has 2 rings (SSSR count). The second-order valence-electron chi connectivity index (χ2n) is 3.18. The number of rotatable bonds is 4. The van der Waals surface area contributed by atoms with Crippen LogP contribution in [-0.2, 0) is 11.2 Å². The summed E-state index contributed by atoms with van der Waals surface area (Å²) in [6.45, 7) is 0. The van der Waals surface area contributed by atoms with Crippen molar-refractivity contribution >= 4 is 23.4 Å². The first-order valence-electron chi connectivity index (χ1n) is 4.70. The van der Waals surface area contributed by atoms with Gasteiger partial charge >= 0.3 is 0 Å². The van der Waals surface area contributed by atoms with Crippen molar-refractivity contribution in [3.05, 3.63) is 52.2 Å². The molecule has 0 aliphatic rings. The zero-order chi connectivity index (χ0) is 10.5. The Morgan fingerprint density at radius 2 is 2.07 bits per heavy atom. The molecule has 0 unspecified atom stereocenters. The van der Waals surface area contributed by atoms with Gasteiger partial charge in [-0.25, -0.2) is 0 Å². The normalized spacial score (nSPS) is 9.87. The number of carbonyl (C=O) groups excluding carboxylic acids is 1. The van der Waals surface area contributed by atoms with Crippen LogP contribution in [0.15, 0.2) is 41.8 Å². The molecule has 2 aromatic rings. The summed E-state index contributed by atoms with van der Waals surface area (Å²) in [6.07, 6.45) is 1.59. The molecule has 0 atom stereocenters. The largest absolute Gasteiger partial charge is 0.328 e. The fourth-order valence-corrected chi connectivity index (χ4v) is 2.21. The fourth-order valence-electron chi connectivity index (χ4n) is 1.48. The highest BCUT2D eigenvalue weighted by atomic mass is 32.1. The Morgan fingerprint density at radius 3 is 2.80 bits per heavy atom. The molecule has 0 saturated heterocycles. The van der Waals surface area contributed by atoms with Gasteiger partial charge in [-0.15, -0.1) is 11.3 Å². The Morgan fingerprint density at radius 1 is 1.20 bits per heavy atom. The number of amides is 1. The molecule has 0 aliphatic heterocycles. The molecule has 1 aromatic heterocycles. The Bertz CT molecular complexity index is 437. The van der Waals surface area contributed by atoms with Crippen LogP contribution in [0.4, 0.5) is 5.69 Å². The number of anilines is 1. The molecule has 1 N–H and O–H groups in total. The minimum atomic E-state index is 0.716. The maximum atomic E-state index is 10.4. The van der Waals surface area contributed by atoms with Crippen LogP contribution in [0.25, 0.3) is 0 Å². The van der Waals surface area contributed by atoms with E-state index >= 15 is 0 Å². The van der Waals surface area contributed by atoms with Gasteiger partial charge in [0.05, 0.1) is 0 Å². The Kier molecular flexibility index (Phi) is 3.15. The van der Waals surface area contributed by atoms with Crippen molar-refractivity contribution < 1.29 is 4.79 Å². The molecule has 3 heteroatoms. The van der Waals surface area contributed by atoms with Gasteiger partial charge in [-0.1, -0.05) is 24.3 Å². The van der Waals surface area contributed by atoms with Gasteiger partial charge in [0.2, 0.25) is 6.41 Å². The van der Waals surface area contributed by atoms with Gasteiger partial charge < -0.3 is 5.32 Å². The summed E-state index contributed by atoms with van der Waals surface area (Å²) in [7, 11) is 0. The van der Waals surface area contributed by atoms with Crippen LogP contribution in [0.5, 0.6) is 0 Å². The van der Waals surface area contributed by atoms with Crippen molar-refractivity contribution in [2.75, 3.05) is 5.32 Å². The average Bonchev–Trinajstić information content (AvgIpc) is 2.74. The summed E-state index contributed by atoms with van der Waals surface area (Å²) in [5, 5.41) is 4.77. The number of hydrogen-bond donors (Lipinski definition) is 1. The van der Waals surface area contributed by atoms with Crippen LogP contribution in [0, 0.1) is 0 Å². The van der Waals surface area contributed by atoms with E-state index in [2.05, 4.69) is 16.8 Å². The van der Waals surface area contributed by atoms with E-state index in [1.54, 1.807) is 11.3 Å². The molecular weight excluding hydrogens is 206 g/mol. The lowest BCUT2D eigenvalue weighted by molar-refractivity contribution is -0.105. The summed E-state index contributed by atoms with van der Waals surface area (Å²) in [4.78, 5) is 11.7. The van der Waals surface area contributed by atoms with Crippen molar-refractivity contribution in [3.63, 3.8) is 0 Å². The van der Waals surface area contributed by atoms with Gasteiger partial charge in [0.15, 0.2) is 0 Å². The summed E-state index contributed by atoms with van der Waals surface area (Å²) >= 11 is 1.73. The van der Waals surface area contributed by atoms with Gasteiger partial charge in [-0.2, -0.15) is 0 Å². The maximum Gasteiger partial charge on any atom is 0.211 e. The van der Waals surface area contributed by atoms with E-state index < -0.39 is 0 Å². The van der Waals surface area contributed by atoms with Crippen LogP contribution < -0.4 is 5.32 Å². The van der Waals surface area contributed by atoms with E-state index in [4.69, 9.17) is 0 Å². The highest BCUT2D eigenvalue weighted by Crippen LogP contribution is 2.20. The lowest BCUT2D eigenvalue weighted by Crippen LogP contribution is -1.98. The molecule has 0 aliphatic carbocycles. The first-order valence-corrected chi connectivity index (χ1v) is 5.58. The molecule has 76 valence electrons. The molecule has 1 heterocycles. The van der Waals surface area contributed by atoms with Gasteiger partial charge in [-0.3, -0.25) is 4.79 Å². The van der Waals surface area contributed by atoms with Crippen LogP contribution in [0.2, 0.25) is 0 Å². The van der Waals surface area contributed by atoms with E-state index in [1.165, 1.54) is 4.88 Å². The molecule has 2 nitrogen and oxygen atoms in total. The molecule has 1 amide bonds. The first kappa shape index (κ1) is 9.93. The van der Waals surface area contributed by atoms with E-state index in [-0.39, 0.29) is 0 Å². The average molecular weight is 217 g/mol. The van der Waals surface area contributed by atoms with E-state index in [1.807, 2.05) is 30.3 Å². The molecule has 0 saturated carbocycles. The van der Waals surface area contributed by atoms with Crippen molar-refractivity contribution in [3.8, 4) is 0 Å². The maximum absolute atomic E-state index is 10.4. The monoisotopic (exact) mass is 217 g/mol. The van der Waals surface area contributed by atoms with Gasteiger partial charge in [-0.05, 0) is 23.1 Å². The van der Waals surface area contributed by atoms with Gasteiger partial charge in [0, 0.05) is 17.0 Å². The van der Waals surface area contributed by atoms with Gasteiger partial charge in [0.1, 0.15) is 0 Å². The molecule has 1 aromatic carbocycles. The summed E-state index contributed by atoms with van der Waals surface area (Å²) in [5.74, 6) is 0. The number of benzene rings is 1. The third kappa shape index (κ3) is 2.44. The van der Waals surface area contributed by atoms with Crippen molar-refractivity contribution in [1.82, 2.24) is 0 Å². The summed E-state index contributed by atoms with van der Waals surface area (Å²) in [6, 6.07) is 12.0. The number of thiophene rings is 1. The third-order valence-electron chi connectivity index (χ3n) is 2.18. The molecule has 15 heavy (non-hydrogen) atoms. The van der Waals surface area contributed by atoms with Crippen molar-refractivity contribution in [2.45, 2.75) is 6.42 Å².